The maximum absolute atomic E-state index is 12.1. The van der Waals surface area contributed by atoms with Crippen LogP contribution in [0, 0.1) is 0 Å². The fraction of sp³-hybridized carbons (Fsp3) is 0.643. The first-order chi connectivity index (χ1) is 9.69. The fourth-order valence-corrected chi connectivity index (χ4v) is 3.45. The molecular formula is C14H22N4OS. The Kier molecular flexibility index (Phi) is 5.23. The predicted molar refractivity (Wildman–Crippen MR) is 83.2 cm³/mol. The number of nitrogens with one attached hydrogen (secondary N) is 2. The molecule has 1 amide bonds. The van der Waals surface area contributed by atoms with E-state index in [0.29, 0.717) is 18.1 Å². The molecule has 20 heavy (non-hydrogen) atoms. The van der Waals surface area contributed by atoms with E-state index in [1.54, 1.807) is 12.1 Å². The van der Waals surface area contributed by atoms with Crippen molar-refractivity contribution in [1.82, 2.24) is 15.5 Å². The van der Waals surface area contributed by atoms with Crippen molar-refractivity contribution in [2.24, 2.45) is 0 Å². The SMILES string of the molecule is CCNc1ccc(C(=O)NCC2(SC)CCCC2)nn1. The number of aromatic nitrogens is 2. The Morgan fingerprint density at radius 3 is 2.65 bits per heavy atom. The zero-order valence-electron chi connectivity index (χ0n) is 12.1. The maximum atomic E-state index is 12.1. The molecule has 0 unspecified atom stereocenters. The summed E-state index contributed by atoms with van der Waals surface area (Å²) in [7, 11) is 0. The normalized spacial score (nSPS) is 16.9. The van der Waals surface area contributed by atoms with Crippen molar-refractivity contribution in [3.8, 4) is 0 Å². The zero-order valence-corrected chi connectivity index (χ0v) is 12.9. The molecule has 1 aliphatic rings. The number of hydrogen-bond donors (Lipinski definition) is 2. The summed E-state index contributed by atoms with van der Waals surface area (Å²) in [6, 6.07) is 3.49. The van der Waals surface area contributed by atoms with E-state index in [1.165, 1.54) is 25.7 Å². The van der Waals surface area contributed by atoms with Gasteiger partial charge in [-0.05, 0) is 38.2 Å². The van der Waals surface area contributed by atoms with E-state index in [0.717, 1.165) is 6.54 Å². The van der Waals surface area contributed by atoms with Crippen LogP contribution in [-0.2, 0) is 0 Å². The quantitative estimate of drug-likeness (QED) is 0.843. The molecule has 1 aromatic heterocycles. The second kappa shape index (κ2) is 6.92. The largest absolute Gasteiger partial charge is 0.369 e. The van der Waals surface area contributed by atoms with Crippen molar-refractivity contribution in [3.63, 3.8) is 0 Å². The summed E-state index contributed by atoms with van der Waals surface area (Å²) in [5.41, 5.74) is 0.376. The molecule has 0 spiro atoms. The van der Waals surface area contributed by atoms with Gasteiger partial charge < -0.3 is 10.6 Å². The smallest absolute Gasteiger partial charge is 0.271 e. The summed E-state index contributed by atoms with van der Waals surface area (Å²) < 4.78 is 0.215. The van der Waals surface area contributed by atoms with Crippen molar-refractivity contribution in [2.45, 2.75) is 37.4 Å². The first-order valence-corrected chi connectivity index (χ1v) is 8.32. The van der Waals surface area contributed by atoms with E-state index < -0.39 is 0 Å². The minimum absolute atomic E-state index is 0.138. The van der Waals surface area contributed by atoms with E-state index in [1.807, 2.05) is 18.7 Å². The molecule has 1 aliphatic carbocycles. The Balaban J connectivity index is 1.91. The monoisotopic (exact) mass is 294 g/mol. The molecule has 0 radical (unpaired) electrons. The molecule has 0 bridgehead atoms. The first-order valence-electron chi connectivity index (χ1n) is 7.10. The lowest BCUT2D eigenvalue weighted by Gasteiger charge is -2.26. The van der Waals surface area contributed by atoms with Gasteiger partial charge in [-0.2, -0.15) is 11.8 Å². The lowest BCUT2D eigenvalue weighted by Crippen LogP contribution is -2.38. The van der Waals surface area contributed by atoms with Gasteiger partial charge in [0.15, 0.2) is 5.69 Å². The van der Waals surface area contributed by atoms with Gasteiger partial charge in [-0.1, -0.05) is 12.8 Å². The van der Waals surface area contributed by atoms with Crippen molar-refractivity contribution >= 4 is 23.5 Å². The summed E-state index contributed by atoms with van der Waals surface area (Å²) >= 11 is 1.87. The minimum atomic E-state index is -0.138. The van der Waals surface area contributed by atoms with E-state index in [4.69, 9.17) is 0 Å². The van der Waals surface area contributed by atoms with Crippen molar-refractivity contribution in [1.29, 1.82) is 0 Å². The van der Waals surface area contributed by atoms with Crippen LogP contribution in [-0.4, -0.2) is 40.2 Å². The van der Waals surface area contributed by atoms with Crippen molar-refractivity contribution in [2.75, 3.05) is 24.7 Å². The lowest BCUT2D eigenvalue weighted by atomic mass is 10.1. The minimum Gasteiger partial charge on any atom is -0.369 e. The fourth-order valence-electron chi connectivity index (χ4n) is 2.53. The summed E-state index contributed by atoms with van der Waals surface area (Å²) in [6.45, 7) is 3.49. The average molecular weight is 294 g/mol. The van der Waals surface area contributed by atoms with Gasteiger partial charge in [0.1, 0.15) is 5.82 Å². The van der Waals surface area contributed by atoms with E-state index in [9.17, 15) is 4.79 Å². The maximum Gasteiger partial charge on any atom is 0.271 e. The van der Waals surface area contributed by atoms with Gasteiger partial charge in [0.05, 0.1) is 0 Å². The molecule has 6 heteroatoms. The van der Waals surface area contributed by atoms with Crippen LogP contribution in [0.2, 0.25) is 0 Å². The molecule has 1 saturated carbocycles. The van der Waals surface area contributed by atoms with E-state index in [-0.39, 0.29) is 10.7 Å². The molecule has 0 aromatic carbocycles. The topological polar surface area (TPSA) is 66.9 Å². The molecular weight excluding hydrogens is 272 g/mol. The molecule has 0 aliphatic heterocycles. The highest BCUT2D eigenvalue weighted by atomic mass is 32.2. The Hall–Kier alpha value is -1.30. The van der Waals surface area contributed by atoms with Crippen molar-refractivity contribution in [3.05, 3.63) is 17.8 Å². The number of nitrogens with zero attached hydrogens (tertiary/aromatic N) is 2. The molecule has 1 fully saturated rings. The van der Waals surface area contributed by atoms with Crippen LogP contribution >= 0.6 is 11.8 Å². The second-order valence-corrected chi connectivity index (χ2v) is 6.39. The van der Waals surface area contributed by atoms with Gasteiger partial charge in [0, 0.05) is 17.8 Å². The third-order valence-corrected chi connectivity index (χ3v) is 5.19. The number of thioether (sulfide) groups is 1. The molecule has 0 saturated heterocycles. The number of hydrogen-bond acceptors (Lipinski definition) is 5. The van der Waals surface area contributed by atoms with Crippen LogP contribution in [0.1, 0.15) is 43.1 Å². The van der Waals surface area contributed by atoms with Gasteiger partial charge in [-0.25, -0.2) is 0 Å². The molecule has 1 aromatic rings. The Morgan fingerprint density at radius 1 is 1.35 bits per heavy atom. The van der Waals surface area contributed by atoms with Crippen molar-refractivity contribution < 1.29 is 4.79 Å². The number of carbonyl (C=O) groups excluding carboxylic acids is 1. The highest BCUT2D eigenvalue weighted by Crippen LogP contribution is 2.39. The summed E-state index contributed by atoms with van der Waals surface area (Å²) in [5.74, 6) is 0.557. The molecule has 2 N–H and O–H groups in total. The van der Waals surface area contributed by atoms with Crippen LogP contribution in [0.5, 0.6) is 0 Å². The Bertz CT molecular complexity index is 443. The molecule has 5 nitrogen and oxygen atoms in total. The molecule has 1 heterocycles. The third kappa shape index (κ3) is 3.62. The number of carbonyl (C=O) groups is 1. The summed E-state index contributed by atoms with van der Waals surface area (Å²) in [4.78, 5) is 12.1. The zero-order chi connectivity index (χ0) is 14.4. The molecule has 0 atom stereocenters. The first kappa shape index (κ1) is 15.1. The Labute approximate surface area is 124 Å². The van der Waals surface area contributed by atoms with Gasteiger partial charge in [-0.3, -0.25) is 4.79 Å². The van der Waals surface area contributed by atoms with Gasteiger partial charge in [-0.15, -0.1) is 10.2 Å². The van der Waals surface area contributed by atoms with Crippen LogP contribution in [0.4, 0.5) is 5.82 Å². The van der Waals surface area contributed by atoms with Crippen LogP contribution in [0.25, 0.3) is 0 Å². The lowest BCUT2D eigenvalue weighted by molar-refractivity contribution is 0.0943. The highest BCUT2D eigenvalue weighted by Gasteiger charge is 2.33. The van der Waals surface area contributed by atoms with Crippen LogP contribution in [0.3, 0.4) is 0 Å². The third-order valence-electron chi connectivity index (χ3n) is 3.77. The second-order valence-electron chi connectivity index (χ2n) is 5.11. The predicted octanol–water partition coefficient (Wildman–Crippen LogP) is 2.31. The van der Waals surface area contributed by atoms with Gasteiger partial charge >= 0.3 is 0 Å². The average Bonchev–Trinajstić information content (AvgIpc) is 2.95. The number of rotatable bonds is 6. The number of amides is 1. The van der Waals surface area contributed by atoms with Gasteiger partial charge in [0.25, 0.3) is 5.91 Å². The van der Waals surface area contributed by atoms with E-state index in [2.05, 4.69) is 27.1 Å². The Morgan fingerprint density at radius 2 is 2.10 bits per heavy atom. The molecule has 2 rings (SSSR count). The highest BCUT2D eigenvalue weighted by molar-refractivity contribution is 8.00. The van der Waals surface area contributed by atoms with Gasteiger partial charge in [0.2, 0.25) is 0 Å². The summed E-state index contributed by atoms with van der Waals surface area (Å²) in [6.07, 6.45) is 7.00. The molecule has 110 valence electrons. The van der Waals surface area contributed by atoms with Crippen LogP contribution < -0.4 is 10.6 Å². The van der Waals surface area contributed by atoms with Crippen LogP contribution in [0.15, 0.2) is 12.1 Å². The number of anilines is 1. The standard InChI is InChI=1S/C14H22N4OS/c1-3-15-12-7-6-11(17-18-12)13(19)16-10-14(20-2)8-4-5-9-14/h6-7H,3-5,8-10H2,1-2H3,(H,15,18)(H,16,19). The summed E-state index contributed by atoms with van der Waals surface area (Å²) in [5, 5.41) is 14.0. The van der Waals surface area contributed by atoms with E-state index >= 15 is 0 Å².